The van der Waals surface area contributed by atoms with E-state index in [1.807, 2.05) is 6.07 Å². The van der Waals surface area contributed by atoms with Crippen LogP contribution in [0.5, 0.6) is 0 Å². The van der Waals surface area contributed by atoms with Crippen molar-refractivity contribution >= 4 is 17.3 Å². The van der Waals surface area contributed by atoms with E-state index in [9.17, 15) is 0 Å². The van der Waals surface area contributed by atoms with E-state index in [1.165, 1.54) is 18.4 Å². The van der Waals surface area contributed by atoms with Crippen LogP contribution in [-0.2, 0) is 6.42 Å². The standard InChI is InChI=1S/C16H20N2S/c19-16(17-9-8-12-4-2-1-3-5-12)18-15-11-13-6-7-14(15)10-13/h1-7,13-15H,8-11H2,(H2,17,18,19)/t13-,14+,15+/m0/s1. The Bertz CT molecular complexity index is 469. The number of rotatable bonds is 4. The summed E-state index contributed by atoms with van der Waals surface area (Å²) in [5.74, 6) is 1.48. The maximum Gasteiger partial charge on any atom is 0.166 e. The summed E-state index contributed by atoms with van der Waals surface area (Å²) in [5.41, 5.74) is 1.35. The molecule has 3 atom stereocenters. The topological polar surface area (TPSA) is 24.1 Å². The largest absolute Gasteiger partial charge is 0.362 e. The first-order valence-corrected chi connectivity index (χ1v) is 7.49. The fourth-order valence-electron chi connectivity index (χ4n) is 3.13. The van der Waals surface area contributed by atoms with Gasteiger partial charge < -0.3 is 10.6 Å². The number of allylic oxidation sites excluding steroid dienone is 1. The highest BCUT2D eigenvalue weighted by molar-refractivity contribution is 7.80. The van der Waals surface area contributed by atoms with E-state index in [4.69, 9.17) is 12.2 Å². The summed E-state index contributed by atoms with van der Waals surface area (Å²) in [6.07, 6.45) is 8.26. The second kappa shape index (κ2) is 5.74. The normalized spacial score (nSPS) is 27.5. The van der Waals surface area contributed by atoms with Crippen molar-refractivity contribution in [3.63, 3.8) is 0 Å². The highest BCUT2D eigenvalue weighted by Gasteiger charge is 2.35. The molecule has 2 bridgehead atoms. The predicted molar refractivity (Wildman–Crippen MR) is 83.0 cm³/mol. The number of hydrogen-bond donors (Lipinski definition) is 2. The van der Waals surface area contributed by atoms with E-state index in [0.29, 0.717) is 12.0 Å². The van der Waals surface area contributed by atoms with Crippen LogP contribution in [0.15, 0.2) is 42.5 Å². The Labute approximate surface area is 120 Å². The van der Waals surface area contributed by atoms with Gasteiger partial charge in [0.25, 0.3) is 0 Å². The first-order chi connectivity index (χ1) is 9.31. The van der Waals surface area contributed by atoms with Crippen LogP contribution in [0, 0.1) is 11.8 Å². The van der Waals surface area contributed by atoms with Gasteiger partial charge in [-0.3, -0.25) is 0 Å². The fourth-order valence-corrected chi connectivity index (χ4v) is 3.38. The van der Waals surface area contributed by atoms with Crippen LogP contribution in [0.25, 0.3) is 0 Å². The summed E-state index contributed by atoms with van der Waals surface area (Å²) >= 11 is 5.38. The van der Waals surface area contributed by atoms with Crippen LogP contribution in [-0.4, -0.2) is 17.7 Å². The molecule has 19 heavy (non-hydrogen) atoms. The molecule has 0 amide bonds. The minimum Gasteiger partial charge on any atom is -0.362 e. The summed E-state index contributed by atoms with van der Waals surface area (Å²) in [7, 11) is 0. The summed E-state index contributed by atoms with van der Waals surface area (Å²) in [6.45, 7) is 0.895. The first kappa shape index (κ1) is 12.7. The van der Waals surface area contributed by atoms with Gasteiger partial charge in [-0.1, -0.05) is 42.5 Å². The quantitative estimate of drug-likeness (QED) is 0.651. The van der Waals surface area contributed by atoms with Crippen molar-refractivity contribution in [2.75, 3.05) is 6.54 Å². The number of hydrogen-bond acceptors (Lipinski definition) is 1. The minimum atomic E-state index is 0.548. The maximum atomic E-state index is 5.38. The number of nitrogens with one attached hydrogen (secondary N) is 2. The Morgan fingerprint density at radius 2 is 2.00 bits per heavy atom. The van der Waals surface area contributed by atoms with Crippen molar-refractivity contribution in [1.82, 2.24) is 10.6 Å². The molecule has 1 fully saturated rings. The zero-order valence-electron chi connectivity index (χ0n) is 11.0. The molecule has 1 aromatic rings. The average molecular weight is 272 g/mol. The lowest BCUT2D eigenvalue weighted by Gasteiger charge is -2.21. The van der Waals surface area contributed by atoms with Gasteiger partial charge in [-0.2, -0.15) is 0 Å². The Morgan fingerprint density at radius 1 is 1.16 bits per heavy atom. The smallest absolute Gasteiger partial charge is 0.166 e. The van der Waals surface area contributed by atoms with Gasteiger partial charge in [-0.05, 0) is 48.9 Å². The van der Waals surface area contributed by atoms with Gasteiger partial charge >= 0.3 is 0 Å². The molecule has 2 nitrogen and oxygen atoms in total. The lowest BCUT2D eigenvalue weighted by molar-refractivity contribution is 0.520. The van der Waals surface area contributed by atoms with Crippen LogP contribution < -0.4 is 10.6 Å². The molecule has 0 unspecified atom stereocenters. The van der Waals surface area contributed by atoms with Gasteiger partial charge in [0.2, 0.25) is 0 Å². The van der Waals surface area contributed by atoms with Crippen LogP contribution in [0.3, 0.4) is 0 Å². The van der Waals surface area contributed by atoms with E-state index in [0.717, 1.165) is 24.0 Å². The molecule has 0 heterocycles. The molecule has 0 saturated heterocycles. The predicted octanol–water partition coefficient (Wildman–Crippen LogP) is 2.66. The van der Waals surface area contributed by atoms with E-state index in [2.05, 4.69) is 47.1 Å². The molecule has 0 aliphatic heterocycles. The molecule has 0 radical (unpaired) electrons. The molecule has 3 rings (SSSR count). The van der Waals surface area contributed by atoms with Crippen molar-refractivity contribution in [1.29, 1.82) is 0 Å². The van der Waals surface area contributed by atoms with Gasteiger partial charge in [0, 0.05) is 12.6 Å². The molecule has 100 valence electrons. The Morgan fingerprint density at radius 3 is 2.68 bits per heavy atom. The van der Waals surface area contributed by atoms with Crippen LogP contribution >= 0.6 is 12.2 Å². The lowest BCUT2D eigenvalue weighted by atomic mass is 10.0. The Kier molecular flexibility index (Phi) is 3.83. The molecule has 2 aliphatic rings. The summed E-state index contributed by atoms with van der Waals surface area (Å²) in [4.78, 5) is 0. The third-order valence-corrected chi connectivity index (χ3v) is 4.40. The van der Waals surface area contributed by atoms with Crippen molar-refractivity contribution < 1.29 is 0 Å². The van der Waals surface area contributed by atoms with Gasteiger partial charge in [0.05, 0.1) is 0 Å². The molecule has 2 N–H and O–H groups in total. The van der Waals surface area contributed by atoms with Gasteiger partial charge in [-0.25, -0.2) is 0 Å². The lowest BCUT2D eigenvalue weighted by Crippen LogP contribution is -2.44. The van der Waals surface area contributed by atoms with Crippen molar-refractivity contribution in [2.45, 2.75) is 25.3 Å². The highest BCUT2D eigenvalue weighted by atomic mass is 32.1. The zero-order valence-corrected chi connectivity index (χ0v) is 11.8. The Balaban J connectivity index is 1.39. The van der Waals surface area contributed by atoms with E-state index < -0.39 is 0 Å². The second-order valence-corrected chi connectivity index (χ2v) is 5.93. The fraction of sp³-hybridized carbons (Fsp3) is 0.438. The molecular formula is C16H20N2S. The Hall–Kier alpha value is -1.35. The van der Waals surface area contributed by atoms with E-state index >= 15 is 0 Å². The van der Waals surface area contributed by atoms with Gasteiger partial charge in [-0.15, -0.1) is 0 Å². The van der Waals surface area contributed by atoms with Crippen molar-refractivity contribution in [3.8, 4) is 0 Å². The zero-order chi connectivity index (χ0) is 13.1. The number of benzene rings is 1. The molecule has 3 heteroatoms. The van der Waals surface area contributed by atoms with Crippen LogP contribution in [0.2, 0.25) is 0 Å². The minimum absolute atomic E-state index is 0.548. The number of fused-ring (bicyclic) bond motifs is 2. The van der Waals surface area contributed by atoms with Crippen LogP contribution in [0.4, 0.5) is 0 Å². The van der Waals surface area contributed by atoms with Gasteiger partial charge in [0.15, 0.2) is 5.11 Å². The summed E-state index contributed by atoms with van der Waals surface area (Å²) in [6, 6.07) is 11.1. The molecule has 0 spiro atoms. The maximum absolute atomic E-state index is 5.38. The average Bonchev–Trinajstić information content (AvgIpc) is 3.02. The first-order valence-electron chi connectivity index (χ1n) is 7.08. The summed E-state index contributed by atoms with van der Waals surface area (Å²) in [5, 5.41) is 7.59. The number of thiocarbonyl (C=S) groups is 1. The molecular weight excluding hydrogens is 252 g/mol. The van der Waals surface area contributed by atoms with Crippen LogP contribution in [0.1, 0.15) is 18.4 Å². The third kappa shape index (κ3) is 3.16. The van der Waals surface area contributed by atoms with Gasteiger partial charge in [0.1, 0.15) is 0 Å². The van der Waals surface area contributed by atoms with Crippen molar-refractivity contribution in [3.05, 3.63) is 48.0 Å². The second-order valence-electron chi connectivity index (χ2n) is 5.52. The molecule has 1 saturated carbocycles. The van der Waals surface area contributed by atoms with E-state index in [1.54, 1.807) is 0 Å². The molecule has 0 aromatic heterocycles. The monoisotopic (exact) mass is 272 g/mol. The third-order valence-electron chi connectivity index (χ3n) is 4.14. The summed E-state index contributed by atoms with van der Waals surface area (Å²) < 4.78 is 0. The molecule has 2 aliphatic carbocycles. The highest BCUT2D eigenvalue weighted by Crippen LogP contribution is 2.38. The SMILES string of the molecule is S=C(NCCc1ccccc1)N[C@@H]1C[C@H]2C=C[C@@H]1C2. The molecule has 1 aromatic carbocycles. The van der Waals surface area contributed by atoms with Crippen molar-refractivity contribution in [2.24, 2.45) is 11.8 Å². The van der Waals surface area contributed by atoms with E-state index in [-0.39, 0.29) is 0 Å².